The maximum absolute atomic E-state index is 12.0. The van der Waals surface area contributed by atoms with E-state index in [4.69, 9.17) is 4.74 Å². The summed E-state index contributed by atoms with van der Waals surface area (Å²) in [4.78, 5) is 25.5. The highest BCUT2D eigenvalue weighted by Gasteiger charge is 2.31. The molecule has 22 heavy (non-hydrogen) atoms. The Morgan fingerprint density at radius 3 is 2.73 bits per heavy atom. The Hall–Kier alpha value is -2.08. The second kappa shape index (κ2) is 7.79. The highest BCUT2D eigenvalue weighted by atomic mass is 16.5. The van der Waals surface area contributed by atoms with Crippen molar-refractivity contribution >= 4 is 11.9 Å². The van der Waals surface area contributed by atoms with Crippen LogP contribution in [-0.2, 0) is 20.9 Å². The summed E-state index contributed by atoms with van der Waals surface area (Å²) in [6.07, 6.45) is 0.0688. The molecule has 1 aromatic carbocycles. The fraction of sp³-hybridized carbons (Fsp3) is 0.500. The molecule has 6 nitrogen and oxygen atoms in total. The molecule has 1 heterocycles. The molecule has 1 atom stereocenters. The average Bonchev–Trinajstić information content (AvgIpc) is 2.52. The lowest BCUT2D eigenvalue weighted by atomic mass is 10.1. The molecule has 0 spiro atoms. The van der Waals surface area contributed by atoms with Crippen molar-refractivity contribution in [3.63, 3.8) is 0 Å². The third kappa shape index (κ3) is 4.21. The van der Waals surface area contributed by atoms with Crippen LogP contribution in [0, 0.1) is 0 Å². The molecule has 0 aliphatic carbocycles. The number of carbonyl (C=O) groups is 2. The number of hydrogen-bond donors (Lipinski definition) is 1. The van der Waals surface area contributed by atoms with Crippen LogP contribution in [0.25, 0.3) is 0 Å². The molecule has 120 valence electrons. The molecule has 1 N–H and O–H groups in total. The van der Waals surface area contributed by atoms with Crippen molar-refractivity contribution in [2.75, 3.05) is 26.8 Å². The first-order chi connectivity index (χ1) is 10.6. The normalized spacial score (nSPS) is 18.6. The summed E-state index contributed by atoms with van der Waals surface area (Å²) in [7, 11) is 1.33. The lowest BCUT2D eigenvalue weighted by Crippen LogP contribution is -2.55. The Labute approximate surface area is 130 Å². The van der Waals surface area contributed by atoms with Gasteiger partial charge in [-0.25, -0.2) is 0 Å². The van der Waals surface area contributed by atoms with Crippen LogP contribution in [0.15, 0.2) is 24.3 Å². The van der Waals surface area contributed by atoms with E-state index in [-0.39, 0.29) is 18.3 Å². The second-order valence-corrected chi connectivity index (χ2v) is 5.13. The van der Waals surface area contributed by atoms with E-state index in [0.717, 1.165) is 11.3 Å². The van der Waals surface area contributed by atoms with Crippen molar-refractivity contribution in [1.82, 2.24) is 10.2 Å². The number of hydrogen-bond acceptors (Lipinski definition) is 5. The van der Waals surface area contributed by atoms with E-state index in [0.29, 0.717) is 26.2 Å². The zero-order valence-corrected chi connectivity index (χ0v) is 13.0. The van der Waals surface area contributed by atoms with E-state index < -0.39 is 6.04 Å². The summed E-state index contributed by atoms with van der Waals surface area (Å²) in [5.74, 6) is 0.329. The fourth-order valence-corrected chi connectivity index (χ4v) is 2.51. The van der Waals surface area contributed by atoms with Crippen LogP contribution < -0.4 is 10.1 Å². The number of carbonyl (C=O) groups excluding carboxylic acids is 2. The SMILES string of the molecule is CCOc1ccc(CN2CCNC(=O)[C@@H]2CC(=O)OC)cc1. The molecule has 1 fully saturated rings. The van der Waals surface area contributed by atoms with E-state index >= 15 is 0 Å². The first-order valence-corrected chi connectivity index (χ1v) is 7.44. The number of ether oxygens (including phenoxy) is 2. The second-order valence-electron chi connectivity index (χ2n) is 5.13. The van der Waals surface area contributed by atoms with Gasteiger partial charge in [0.25, 0.3) is 0 Å². The summed E-state index contributed by atoms with van der Waals surface area (Å²) < 4.78 is 10.1. The van der Waals surface area contributed by atoms with Gasteiger partial charge in [0.1, 0.15) is 11.8 Å². The molecule has 1 amide bonds. The number of piperazine rings is 1. The number of nitrogens with zero attached hydrogens (tertiary/aromatic N) is 1. The minimum absolute atomic E-state index is 0.0688. The Kier molecular flexibility index (Phi) is 5.77. The molecule has 1 aliphatic heterocycles. The average molecular weight is 306 g/mol. The van der Waals surface area contributed by atoms with Crippen LogP contribution in [0.5, 0.6) is 5.75 Å². The number of methoxy groups -OCH3 is 1. The van der Waals surface area contributed by atoms with E-state index in [1.807, 2.05) is 36.1 Å². The van der Waals surface area contributed by atoms with E-state index in [2.05, 4.69) is 10.1 Å². The molecule has 0 aromatic heterocycles. The van der Waals surface area contributed by atoms with Crippen molar-refractivity contribution in [1.29, 1.82) is 0 Å². The van der Waals surface area contributed by atoms with Crippen molar-refractivity contribution in [3.05, 3.63) is 29.8 Å². The number of benzene rings is 1. The molecule has 0 saturated carbocycles. The monoisotopic (exact) mass is 306 g/mol. The summed E-state index contributed by atoms with van der Waals surface area (Å²) in [5, 5.41) is 2.79. The van der Waals surface area contributed by atoms with Gasteiger partial charge in [0.05, 0.1) is 20.1 Å². The predicted octanol–water partition coefficient (Wildman–Crippen LogP) is 0.949. The van der Waals surface area contributed by atoms with Crippen molar-refractivity contribution in [2.24, 2.45) is 0 Å². The van der Waals surface area contributed by atoms with Crippen molar-refractivity contribution in [2.45, 2.75) is 25.9 Å². The van der Waals surface area contributed by atoms with Crippen molar-refractivity contribution < 1.29 is 19.1 Å². The number of esters is 1. The van der Waals surface area contributed by atoms with Crippen LogP contribution >= 0.6 is 0 Å². The highest BCUT2D eigenvalue weighted by Crippen LogP contribution is 2.17. The summed E-state index contributed by atoms with van der Waals surface area (Å²) in [6.45, 7) is 4.49. The minimum atomic E-state index is -0.479. The zero-order chi connectivity index (χ0) is 15.9. The van der Waals surface area contributed by atoms with Gasteiger partial charge in [-0.1, -0.05) is 12.1 Å². The summed E-state index contributed by atoms with van der Waals surface area (Å²) >= 11 is 0. The zero-order valence-electron chi connectivity index (χ0n) is 13.0. The third-order valence-corrected chi connectivity index (χ3v) is 3.65. The molecular weight excluding hydrogens is 284 g/mol. The minimum Gasteiger partial charge on any atom is -0.494 e. The van der Waals surface area contributed by atoms with Crippen LogP contribution in [0.4, 0.5) is 0 Å². The van der Waals surface area contributed by atoms with Gasteiger partial charge in [0.2, 0.25) is 5.91 Å². The Morgan fingerprint density at radius 2 is 2.09 bits per heavy atom. The molecule has 0 radical (unpaired) electrons. The van der Waals surface area contributed by atoms with E-state index in [1.165, 1.54) is 7.11 Å². The molecule has 0 unspecified atom stereocenters. The van der Waals surface area contributed by atoms with E-state index in [1.54, 1.807) is 0 Å². The molecule has 1 saturated heterocycles. The van der Waals surface area contributed by atoms with Crippen molar-refractivity contribution in [3.8, 4) is 5.75 Å². The van der Waals surface area contributed by atoms with Gasteiger partial charge in [-0.15, -0.1) is 0 Å². The van der Waals surface area contributed by atoms with Crippen LogP contribution in [0.3, 0.4) is 0 Å². The summed E-state index contributed by atoms with van der Waals surface area (Å²) in [5.41, 5.74) is 1.08. The van der Waals surface area contributed by atoms with Gasteiger partial charge in [-0.2, -0.15) is 0 Å². The van der Waals surface area contributed by atoms with Gasteiger partial charge in [0.15, 0.2) is 0 Å². The fourth-order valence-electron chi connectivity index (χ4n) is 2.51. The first-order valence-electron chi connectivity index (χ1n) is 7.44. The van der Waals surface area contributed by atoms with Crippen LogP contribution in [0.1, 0.15) is 18.9 Å². The molecule has 1 aromatic rings. The predicted molar refractivity (Wildman–Crippen MR) is 81.5 cm³/mol. The van der Waals surface area contributed by atoms with Gasteiger partial charge in [0, 0.05) is 19.6 Å². The van der Waals surface area contributed by atoms with Crippen LogP contribution in [0.2, 0.25) is 0 Å². The molecule has 2 rings (SSSR count). The standard InChI is InChI=1S/C16H22N2O4/c1-3-22-13-6-4-12(5-7-13)11-18-9-8-17-16(20)14(18)10-15(19)21-2/h4-7,14H,3,8-11H2,1-2H3,(H,17,20)/t14-/m0/s1. The first kappa shape index (κ1) is 16.3. The maximum Gasteiger partial charge on any atom is 0.307 e. The number of nitrogens with one attached hydrogen (secondary N) is 1. The summed E-state index contributed by atoms with van der Waals surface area (Å²) in [6, 6.07) is 7.31. The third-order valence-electron chi connectivity index (χ3n) is 3.65. The Morgan fingerprint density at radius 1 is 1.36 bits per heavy atom. The molecule has 6 heteroatoms. The molecule has 0 bridgehead atoms. The topological polar surface area (TPSA) is 67.9 Å². The lowest BCUT2D eigenvalue weighted by Gasteiger charge is -2.34. The van der Waals surface area contributed by atoms with Gasteiger partial charge in [-0.05, 0) is 24.6 Å². The number of rotatable bonds is 6. The lowest BCUT2D eigenvalue weighted by molar-refractivity contribution is -0.146. The maximum atomic E-state index is 12.0. The highest BCUT2D eigenvalue weighted by molar-refractivity contribution is 5.87. The molecular formula is C16H22N2O4. The smallest absolute Gasteiger partial charge is 0.307 e. The number of amides is 1. The van der Waals surface area contributed by atoms with E-state index in [9.17, 15) is 9.59 Å². The van der Waals surface area contributed by atoms with Gasteiger partial charge >= 0.3 is 5.97 Å². The quantitative estimate of drug-likeness (QED) is 0.793. The largest absolute Gasteiger partial charge is 0.494 e. The Bertz CT molecular complexity index is 515. The van der Waals surface area contributed by atoms with Crippen LogP contribution in [-0.4, -0.2) is 49.6 Å². The Balaban J connectivity index is 2.04. The molecule has 1 aliphatic rings. The van der Waals surface area contributed by atoms with Gasteiger partial charge < -0.3 is 14.8 Å². The van der Waals surface area contributed by atoms with Gasteiger partial charge in [-0.3, -0.25) is 14.5 Å².